The molecule has 0 radical (unpaired) electrons. The van der Waals surface area contributed by atoms with Crippen LogP contribution in [0.4, 0.5) is 4.39 Å². The Hall–Kier alpha value is -2.17. The molecule has 20 heavy (non-hydrogen) atoms. The molecule has 0 saturated heterocycles. The van der Waals surface area contributed by atoms with Crippen molar-refractivity contribution in [2.45, 2.75) is 13.8 Å². The van der Waals surface area contributed by atoms with Crippen molar-refractivity contribution in [2.24, 2.45) is 5.92 Å². The molecule has 0 saturated carbocycles. The predicted molar refractivity (Wildman–Crippen MR) is 74.9 cm³/mol. The Morgan fingerprint density at radius 3 is 2.55 bits per heavy atom. The first-order chi connectivity index (χ1) is 9.31. The van der Waals surface area contributed by atoms with Crippen LogP contribution in [0.3, 0.4) is 0 Å². The molecule has 0 bridgehead atoms. The van der Waals surface area contributed by atoms with E-state index in [0.29, 0.717) is 12.5 Å². The van der Waals surface area contributed by atoms with Gasteiger partial charge in [0, 0.05) is 30.8 Å². The van der Waals surface area contributed by atoms with Gasteiger partial charge in [0.05, 0.1) is 0 Å². The van der Waals surface area contributed by atoms with E-state index in [4.69, 9.17) is 5.11 Å². The van der Waals surface area contributed by atoms with E-state index in [1.54, 1.807) is 7.05 Å². The fraction of sp³-hybridized carbons (Fsp3) is 0.333. The second-order valence-corrected chi connectivity index (χ2v) is 4.99. The fourth-order valence-electron chi connectivity index (χ4n) is 1.81. The molecule has 4 nitrogen and oxygen atoms in total. The summed E-state index contributed by atoms with van der Waals surface area (Å²) < 4.78 is 13.8. The Morgan fingerprint density at radius 1 is 1.40 bits per heavy atom. The molecule has 1 rings (SSSR count). The largest absolute Gasteiger partial charge is 0.478 e. The highest BCUT2D eigenvalue weighted by Gasteiger charge is 2.14. The average Bonchev–Trinajstić information content (AvgIpc) is 2.35. The van der Waals surface area contributed by atoms with Crippen molar-refractivity contribution in [3.05, 3.63) is 41.2 Å². The Labute approximate surface area is 117 Å². The van der Waals surface area contributed by atoms with Crippen molar-refractivity contribution in [2.75, 3.05) is 13.6 Å². The van der Waals surface area contributed by atoms with Gasteiger partial charge in [0.1, 0.15) is 5.82 Å². The van der Waals surface area contributed by atoms with Gasteiger partial charge in [-0.05, 0) is 24.1 Å². The highest BCUT2D eigenvalue weighted by atomic mass is 19.1. The normalized spacial score (nSPS) is 11.1. The average molecular weight is 279 g/mol. The number of nitrogens with zero attached hydrogens (tertiary/aromatic N) is 1. The van der Waals surface area contributed by atoms with Crippen LogP contribution in [0.1, 0.15) is 29.8 Å². The number of carboxylic acids is 1. The number of carbonyl (C=O) groups excluding carboxylic acids is 1. The molecule has 0 atom stereocenters. The van der Waals surface area contributed by atoms with Gasteiger partial charge >= 0.3 is 5.97 Å². The molecule has 108 valence electrons. The standard InChI is InChI=1S/C15H18FNO3/c1-10(2)9-17(3)15(20)12-5-4-11(13(16)8-12)6-7-14(18)19/h4-8,10H,9H2,1-3H3,(H,18,19). The van der Waals surface area contributed by atoms with Crippen molar-refractivity contribution < 1.29 is 19.1 Å². The van der Waals surface area contributed by atoms with Gasteiger partial charge in [0.15, 0.2) is 0 Å². The minimum atomic E-state index is -1.15. The van der Waals surface area contributed by atoms with E-state index in [9.17, 15) is 14.0 Å². The van der Waals surface area contributed by atoms with Crippen LogP contribution in [0, 0.1) is 11.7 Å². The first kappa shape index (κ1) is 15.9. The molecule has 0 aliphatic rings. The number of amides is 1. The van der Waals surface area contributed by atoms with E-state index in [1.807, 2.05) is 13.8 Å². The van der Waals surface area contributed by atoms with Crippen molar-refractivity contribution in [3.63, 3.8) is 0 Å². The molecule has 0 aromatic heterocycles. The summed E-state index contributed by atoms with van der Waals surface area (Å²) in [5.41, 5.74) is 0.383. The van der Waals surface area contributed by atoms with Crippen LogP contribution < -0.4 is 0 Å². The Balaban J connectivity index is 2.91. The number of carboxylic acid groups (broad SMARTS) is 1. The monoisotopic (exact) mass is 279 g/mol. The highest BCUT2D eigenvalue weighted by molar-refractivity contribution is 5.94. The molecule has 5 heteroatoms. The maximum Gasteiger partial charge on any atom is 0.328 e. The zero-order valence-electron chi connectivity index (χ0n) is 11.8. The number of hydrogen-bond donors (Lipinski definition) is 1. The molecular formula is C15H18FNO3. The molecule has 0 unspecified atom stereocenters. The first-order valence-electron chi connectivity index (χ1n) is 6.27. The molecule has 0 aliphatic heterocycles. The number of halogens is 1. The number of rotatable bonds is 5. The van der Waals surface area contributed by atoms with E-state index in [1.165, 1.54) is 17.0 Å². The maximum absolute atomic E-state index is 13.8. The van der Waals surface area contributed by atoms with Gasteiger partial charge in [-0.2, -0.15) is 0 Å². The lowest BCUT2D eigenvalue weighted by molar-refractivity contribution is -0.131. The first-order valence-corrected chi connectivity index (χ1v) is 6.27. The van der Waals surface area contributed by atoms with Gasteiger partial charge in [0.2, 0.25) is 0 Å². The van der Waals surface area contributed by atoms with Gasteiger partial charge in [-0.25, -0.2) is 9.18 Å². The molecule has 1 N–H and O–H groups in total. The molecule has 0 aliphatic carbocycles. The van der Waals surface area contributed by atoms with Crippen molar-refractivity contribution >= 4 is 18.0 Å². The van der Waals surface area contributed by atoms with E-state index in [-0.39, 0.29) is 17.0 Å². The number of aliphatic carboxylic acids is 1. The fourth-order valence-corrected chi connectivity index (χ4v) is 1.81. The summed E-state index contributed by atoms with van der Waals surface area (Å²) in [4.78, 5) is 24.0. The van der Waals surface area contributed by atoms with E-state index in [2.05, 4.69) is 0 Å². The highest BCUT2D eigenvalue weighted by Crippen LogP contribution is 2.14. The van der Waals surface area contributed by atoms with Crippen LogP contribution in [0.15, 0.2) is 24.3 Å². The summed E-state index contributed by atoms with van der Waals surface area (Å²) in [6, 6.07) is 4.01. The van der Waals surface area contributed by atoms with Gasteiger partial charge < -0.3 is 10.0 Å². The minimum absolute atomic E-state index is 0.135. The van der Waals surface area contributed by atoms with E-state index < -0.39 is 11.8 Å². The van der Waals surface area contributed by atoms with E-state index >= 15 is 0 Å². The smallest absolute Gasteiger partial charge is 0.328 e. The van der Waals surface area contributed by atoms with Gasteiger partial charge in [-0.1, -0.05) is 19.9 Å². The third kappa shape index (κ3) is 4.50. The van der Waals surface area contributed by atoms with Gasteiger partial charge in [0.25, 0.3) is 5.91 Å². The molecule has 0 spiro atoms. The summed E-state index contributed by atoms with van der Waals surface area (Å²) >= 11 is 0. The zero-order chi connectivity index (χ0) is 15.3. The maximum atomic E-state index is 13.8. The van der Waals surface area contributed by atoms with Gasteiger partial charge in [-0.3, -0.25) is 4.79 Å². The van der Waals surface area contributed by atoms with Crippen LogP contribution in [0.5, 0.6) is 0 Å². The summed E-state index contributed by atoms with van der Waals surface area (Å²) in [6.45, 7) is 4.56. The Bertz CT molecular complexity index is 538. The third-order valence-electron chi connectivity index (χ3n) is 2.64. The number of carbonyl (C=O) groups is 2. The molecular weight excluding hydrogens is 261 g/mol. The lowest BCUT2D eigenvalue weighted by Gasteiger charge is -2.19. The lowest BCUT2D eigenvalue weighted by Crippen LogP contribution is -2.30. The molecule has 1 amide bonds. The SMILES string of the molecule is CC(C)CN(C)C(=O)c1ccc(C=CC(=O)O)c(F)c1. The topological polar surface area (TPSA) is 57.6 Å². The quantitative estimate of drug-likeness (QED) is 0.843. The van der Waals surface area contributed by atoms with Crippen LogP contribution in [0.2, 0.25) is 0 Å². The summed E-state index contributed by atoms with van der Waals surface area (Å²) in [6.07, 6.45) is 2.01. The molecule has 1 aromatic carbocycles. The van der Waals surface area contributed by atoms with Crippen LogP contribution in [-0.4, -0.2) is 35.5 Å². The van der Waals surface area contributed by atoms with Crippen LogP contribution >= 0.6 is 0 Å². The number of hydrogen-bond acceptors (Lipinski definition) is 2. The number of benzene rings is 1. The summed E-state index contributed by atoms with van der Waals surface area (Å²) in [7, 11) is 1.67. The third-order valence-corrected chi connectivity index (χ3v) is 2.64. The summed E-state index contributed by atoms with van der Waals surface area (Å²) in [5.74, 6) is -1.70. The summed E-state index contributed by atoms with van der Waals surface area (Å²) in [5, 5.41) is 8.50. The zero-order valence-corrected chi connectivity index (χ0v) is 11.8. The van der Waals surface area contributed by atoms with Gasteiger partial charge in [-0.15, -0.1) is 0 Å². The minimum Gasteiger partial charge on any atom is -0.478 e. The van der Waals surface area contributed by atoms with Crippen LogP contribution in [0.25, 0.3) is 6.08 Å². The molecule has 0 heterocycles. The molecule has 0 fully saturated rings. The Morgan fingerprint density at radius 2 is 2.05 bits per heavy atom. The Kier molecular flexibility index (Phi) is 5.43. The predicted octanol–water partition coefficient (Wildman–Crippen LogP) is 2.65. The van der Waals surface area contributed by atoms with E-state index in [0.717, 1.165) is 18.2 Å². The second-order valence-electron chi connectivity index (χ2n) is 4.99. The van der Waals surface area contributed by atoms with Crippen LogP contribution in [-0.2, 0) is 4.79 Å². The second kappa shape index (κ2) is 6.84. The van der Waals surface area contributed by atoms with Crippen molar-refractivity contribution in [3.8, 4) is 0 Å². The van der Waals surface area contributed by atoms with Crippen molar-refractivity contribution in [1.29, 1.82) is 0 Å². The molecule has 1 aromatic rings. The lowest BCUT2D eigenvalue weighted by atomic mass is 10.1. The van der Waals surface area contributed by atoms with Crippen molar-refractivity contribution in [1.82, 2.24) is 4.90 Å².